The lowest BCUT2D eigenvalue weighted by Gasteiger charge is -2.23. The first-order valence-corrected chi connectivity index (χ1v) is 6.71. The molecule has 0 spiro atoms. The summed E-state index contributed by atoms with van der Waals surface area (Å²) in [5.74, 6) is 0.773. The summed E-state index contributed by atoms with van der Waals surface area (Å²) in [6.45, 7) is 1.21. The van der Waals surface area contributed by atoms with Gasteiger partial charge in [-0.1, -0.05) is 0 Å². The van der Waals surface area contributed by atoms with E-state index in [9.17, 15) is 0 Å². The first-order chi connectivity index (χ1) is 9.38. The number of aromatic nitrogens is 3. The lowest BCUT2D eigenvalue weighted by atomic mass is 10.1. The molecule has 5 nitrogen and oxygen atoms in total. The molecule has 19 heavy (non-hydrogen) atoms. The first-order valence-electron chi connectivity index (χ1n) is 6.71. The summed E-state index contributed by atoms with van der Waals surface area (Å²) < 4.78 is 0. The predicted molar refractivity (Wildman–Crippen MR) is 73.9 cm³/mol. The van der Waals surface area contributed by atoms with Crippen LogP contribution in [0.3, 0.4) is 0 Å². The third-order valence-corrected chi connectivity index (χ3v) is 3.67. The highest BCUT2D eigenvalue weighted by molar-refractivity contribution is 5.61. The molecule has 2 aromatic heterocycles. The van der Waals surface area contributed by atoms with Gasteiger partial charge in [-0.05, 0) is 25.3 Å². The summed E-state index contributed by atoms with van der Waals surface area (Å²) in [5.41, 5.74) is 2.11. The van der Waals surface area contributed by atoms with Crippen molar-refractivity contribution < 1.29 is 5.11 Å². The van der Waals surface area contributed by atoms with Crippen molar-refractivity contribution in [3.8, 4) is 11.1 Å². The highest BCUT2D eigenvalue weighted by Gasteiger charge is 2.25. The molecule has 2 aromatic rings. The zero-order valence-corrected chi connectivity index (χ0v) is 10.8. The molecule has 1 aliphatic rings. The number of aliphatic hydroxyl groups is 1. The second-order valence-electron chi connectivity index (χ2n) is 4.87. The number of aliphatic hydroxyl groups excluding tert-OH is 1. The largest absolute Gasteiger partial charge is 0.396 e. The number of H-pyrrole nitrogens is 1. The van der Waals surface area contributed by atoms with Crippen LogP contribution in [-0.4, -0.2) is 39.3 Å². The standard InChI is InChI=1S/C14H18N4O/c19-7-4-13-2-1-6-18(13)14-16-9-12(10-17-14)11-3-5-15-8-11/h3,5,8-10,13,15,19H,1-2,4,6-7H2. The van der Waals surface area contributed by atoms with Crippen LogP contribution in [0.15, 0.2) is 30.9 Å². The van der Waals surface area contributed by atoms with E-state index in [1.54, 1.807) is 0 Å². The van der Waals surface area contributed by atoms with E-state index in [1.165, 1.54) is 0 Å². The van der Waals surface area contributed by atoms with Gasteiger partial charge in [0, 0.05) is 55.1 Å². The molecule has 1 atom stereocenters. The van der Waals surface area contributed by atoms with Gasteiger partial charge < -0.3 is 15.0 Å². The van der Waals surface area contributed by atoms with Crippen LogP contribution in [0, 0.1) is 0 Å². The zero-order valence-electron chi connectivity index (χ0n) is 10.8. The van der Waals surface area contributed by atoms with Crippen molar-refractivity contribution in [1.29, 1.82) is 0 Å². The van der Waals surface area contributed by atoms with Crippen molar-refractivity contribution in [3.05, 3.63) is 30.9 Å². The molecule has 3 heterocycles. The van der Waals surface area contributed by atoms with Gasteiger partial charge in [-0.25, -0.2) is 9.97 Å². The molecule has 1 aliphatic heterocycles. The maximum atomic E-state index is 9.09. The van der Waals surface area contributed by atoms with E-state index in [2.05, 4.69) is 19.9 Å². The number of rotatable bonds is 4. The van der Waals surface area contributed by atoms with Gasteiger partial charge in [-0.15, -0.1) is 0 Å². The van der Waals surface area contributed by atoms with Crippen molar-refractivity contribution in [1.82, 2.24) is 15.0 Å². The number of nitrogens with one attached hydrogen (secondary N) is 1. The highest BCUT2D eigenvalue weighted by Crippen LogP contribution is 2.25. The summed E-state index contributed by atoms with van der Waals surface area (Å²) in [6, 6.07) is 2.38. The second kappa shape index (κ2) is 5.40. The smallest absolute Gasteiger partial charge is 0.225 e. The van der Waals surface area contributed by atoms with Crippen LogP contribution in [0.4, 0.5) is 5.95 Å². The molecular weight excluding hydrogens is 240 g/mol. The second-order valence-corrected chi connectivity index (χ2v) is 4.87. The van der Waals surface area contributed by atoms with Crippen LogP contribution >= 0.6 is 0 Å². The van der Waals surface area contributed by atoms with Gasteiger partial charge in [-0.3, -0.25) is 0 Å². The summed E-state index contributed by atoms with van der Waals surface area (Å²) in [6.07, 6.45) is 10.6. The highest BCUT2D eigenvalue weighted by atomic mass is 16.3. The van der Waals surface area contributed by atoms with Gasteiger partial charge in [0.15, 0.2) is 0 Å². The van der Waals surface area contributed by atoms with Gasteiger partial charge in [0.1, 0.15) is 0 Å². The Morgan fingerprint density at radius 3 is 2.84 bits per heavy atom. The molecule has 0 aromatic carbocycles. The number of hydrogen-bond acceptors (Lipinski definition) is 4. The van der Waals surface area contributed by atoms with Crippen LogP contribution < -0.4 is 4.90 Å². The molecule has 0 radical (unpaired) electrons. The molecule has 0 amide bonds. The average Bonchev–Trinajstić information content (AvgIpc) is 3.10. The number of anilines is 1. The van der Waals surface area contributed by atoms with Crippen LogP contribution in [0.5, 0.6) is 0 Å². The van der Waals surface area contributed by atoms with E-state index in [0.29, 0.717) is 6.04 Å². The van der Waals surface area contributed by atoms with Crippen LogP contribution in [-0.2, 0) is 0 Å². The number of aromatic amines is 1. The van der Waals surface area contributed by atoms with Gasteiger partial charge in [-0.2, -0.15) is 0 Å². The van der Waals surface area contributed by atoms with Crippen LogP contribution in [0.1, 0.15) is 19.3 Å². The molecule has 0 bridgehead atoms. The average molecular weight is 258 g/mol. The minimum absolute atomic E-state index is 0.225. The third kappa shape index (κ3) is 2.46. The van der Waals surface area contributed by atoms with Gasteiger partial charge in [0.2, 0.25) is 5.95 Å². The van der Waals surface area contributed by atoms with Crippen molar-refractivity contribution in [2.45, 2.75) is 25.3 Å². The number of hydrogen-bond donors (Lipinski definition) is 2. The fraction of sp³-hybridized carbons (Fsp3) is 0.429. The SMILES string of the molecule is OCCC1CCCN1c1ncc(-c2cc[nH]c2)cn1. The Bertz CT molecular complexity index is 509. The molecule has 1 unspecified atom stereocenters. The lowest BCUT2D eigenvalue weighted by molar-refractivity contribution is 0.275. The first kappa shape index (κ1) is 12.2. The minimum atomic E-state index is 0.225. The van der Waals surface area contributed by atoms with E-state index >= 15 is 0 Å². The van der Waals surface area contributed by atoms with Crippen molar-refractivity contribution >= 4 is 5.95 Å². The van der Waals surface area contributed by atoms with E-state index in [0.717, 1.165) is 42.9 Å². The van der Waals surface area contributed by atoms with E-state index in [4.69, 9.17) is 5.11 Å². The number of nitrogens with zero attached hydrogens (tertiary/aromatic N) is 3. The molecule has 3 rings (SSSR count). The Hall–Kier alpha value is -1.88. The molecule has 0 aliphatic carbocycles. The summed E-state index contributed by atoms with van der Waals surface area (Å²) >= 11 is 0. The van der Waals surface area contributed by atoms with Crippen molar-refractivity contribution in [2.24, 2.45) is 0 Å². The maximum Gasteiger partial charge on any atom is 0.225 e. The topological polar surface area (TPSA) is 65.0 Å². The minimum Gasteiger partial charge on any atom is -0.396 e. The van der Waals surface area contributed by atoms with Crippen LogP contribution in [0.2, 0.25) is 0 Å². The molecule has 5 heteroatoms. The van der Waals surface area contributed by atoms with E-state index < -0.39 is 0 Å². The molecule has 2 N–H and O–H groups in total. The van der Waals surface area contributed by atoms with Gasteiger partial charge in [0.25, 0.3) is 0 Å². The van der Waals surface area contributed by atoms with Crippen molar-refractivity contribution in [2.75, 3.05) is 18.1 Å². The molecular formula is C14H18N4O. The Kier molecular flexibility index (Phi) is 3.46. The fourth-order valence-corrected chi connectivity index (χ4v) is 2.67. The quantitative estimate of drug-likeness (QED) is 0.878. The Balaban J connectivity index is 1.79. The predicted octanol–water partition coefficient (Wildman–Crippen LogP) is 1.82. The Labute approximate surface area is 112 Å². The monoisotopic (exact) mass is 258 g/mol. The normalized spacial score (nSPS) is 19.0. The summed E-state index contributed by atoms with van der Waals surface area (Å²) in [5, 5.41) is 9.09. The Morgan fingerprint density at radius 1 is 1.32 bits per heavy atom. The maximum absolute atomic E-state index is 9.09. The molecule has 1 fully saturated rings. The molecule has 1 saturated heterocycles. The third-order valence-electron chi connectivity index (χ3n) is 3.67. The lowest BCUT2D eigenvalue weighted by Crippen LogP contribution is -2.31. The summed E-state index contributed by atoms with van der Waals surface area (Å²) in [7, 11) is 0. The van der Waals surface area contributed by atoms with E-state index in [-0.39, 0.29) is 6.61 Å². The fourth-order valence-electron chi connectivity index (χ4n) is 2.67. The Morgan fingerprint density at radius 2 is 2.16 bits per heavy atom. The van der Waals surface area contributed by atoms with E-state index in [1.807, 2.05) is 30.9 Å². The van der Waals surface area contributed by atoms with Gasteiger partial charge >= 0.3 is 0 Å². The van der Waals surface area contributed by atoms with Crippen LogP contribution in [0.25, 0.3) is 11.1 Å². The van der Waals surface area contributed by atoms with Gasteiger partial charge in [0.05, 0.1) is 0 Å². The molecule has 100 valence electrons. The van der Waals surface area contributed by atoms with Crippen molar-refractivity contribution in [3.63, 3.8) is 0 Å². The molecule has 0 saturated carbocycles. The summed E-state index contributed by atoms with van der Waals surface area (Å²) in [4.78, 5) is 14.2. The zero-order chi connectivity index (χ0) is 13.1.